The van der Waals surface area contributed by atoms with Crippen LogP contribution in [0.4, 0.5) is 11.5 Å². The average Bonchev–Trinajstić information content (AvgIpc) is 3.52. The summed E-state index contributed by atoms with van der Waals surface area (Å²) in [6.07, 6.45) is 8.53. The molecular formula is C28H29N5O3. The topological polar surface area (TPSA) is 104 Å². The molecule has 184 valence electrons. The number of rotatable bonds is 7. The number of fused-ring (bicyclic) bond motifs is 1. The van der Waals surface area contributed by atoms with Crippen LogP contribution in [0.1, 0.15) is 49.4 Å². The van der Waals surface area contributed by atoms with Gasteiger partial charge < -0.3 is 20.5 Å². The number of carbonyl (C=O) groups excluding carboxylic acids is 1. The van der Waals surface area contributed by atoms with E-state index in [4.69, 9.17) is 20.2 Å². The number of nitrogens with two attached hydrogens (primary N) is 1. The van der Waals surface area contributed by atoms with Crippen LogP contribution < -0.4 is 15.8 Å². The normalized spacial score (nSPS) is 17.7. The first-order valence-electron chi connectivity index (χ1n) is 12.5. The smallest absolute Gasteiger partial charge is 0.253 e. The standard InChI is InChI=1S/C28H29N5O3/c29-26-25-24(32-27(19-6-2-7-19)33(25)13-12-30-26)20-8-3-10-22(16-20)36-17-18-5-1-9-21(15-18)31-28(34)23-11-4-14-35-23/h1,3,5,8-10,12-13,15-16,19,23H,2,4,6-7,11,14,17H2,(H2,29,30)(H,31,34). The summed E-state index contributed by atoms with van der Waals surface area (Å²) in [6, 6.07) is 15.6. The van der Waals surface area contributed by atoms with E-state index >= 15 is 0 Å². The van der Waals surface area contributed by atoms with E-state index in [0.29, 0.717) is 24.9 Å². The van der Waals surface area contributed by atoms with E-state index in [-0.39, 0.29) is 12.0 Å². The van der Waals surface area contributed by atoms with Gasteiger partial charge in [0.05, 0.1) is 0 Å². The second-order valence-corrected chi connectivity index (χ2v) is 9.49. The Kier molecular flexibility index (Phi) is 6.03. The Balaban J connectivity index is 1.20. The van der Waals surface area contributed by atoms with E-state index in [2.05, 4.69) is 14.7 Å². The summed E-state index contributed by atoms with van der Waals surface area (Å²) in [5.74, 6) is 2.61. The molecular weight excluding hydrogens is 454 g/mol. The van der Waals surface area contributed by atoms with Crippen LogP contribution in [0.2, 0.25) is 0 Å². The van der Waals surface area contributed by atoms with Crippen molar-refractivity contribution in [3.63, 3.8) is 0 Å². The zero-order chi connectivity index (χ0) is 24.5. The molecule has 2 fully saturated rings. The van der Waals surface area contributed by atoms with Crippen molar-refractivity contribution in [1.29, 1.82) is 0 Å². The number of aromatic nitrogens is 3. The first-order chi connectivity index (χ1) is 17.7. The summed E-state index contributed by atoms with van der Waals surface area (Å²) in [4.78, 5) is 21.7. The second-order valence-electron chi connectivity index (χ2n) is 9.49. The molecule has 1 aliphatic carbocycles. The van der Waals surface area contributed by atoms with Crippen molar-refractivity contribution in [3.05, 3.63) is 72.3 Å². The van der Waals surface area contributed by atoms with Gasteiger partial charge in [0.15, 0.2) is 0 Å². The molecule has 4 aromatic rings. The van der Waals surface area contributed by atoms with Gasteiger partial charge in [0.25, 0.3) is 5.91 Å². The van der Waals surface area contributed by atoms with Crippen molar-refractivity contribution in [2.45, 2.75) is 50.7 Å². The fraction of sp³-hybridized carbons (Fsp3) is 0.321. The number of ether oxygens (including phenoxy) is 2. The fourth-order valence-corrected chi connectivity index (χ4v) is 4.89. The van der Waals surface area contributed by atoms with Crippen LogP contribution in [0.25, 0.3) is 16.8 Å². The molecule has 1 amide bonds. The quantitative estimate of drug-likeness (QED) is 0.386. The van der Waals surface area contributed by atoms with Gasteiger partial charge in [-0.05, 0) is 55.5 Å². The highest BCUT2D eigenvalue weighted by atomic mass is 16.5. The van der Waals surface area contributed by atoms with E-state index in [9.17, 15) is 4.79 Å². The van der Waals surface area contributed by atoms with Gasteiger partial charge in [-0.25, -0.2) is 9.97 Å². The molecule has 36 heavy (non-hydrogen) atoms. The number of hydrogen-bond acceptors (Lipinski definition) is 6. The molecule has 1 saturated carbocycles. The minimum absolute atomic E-state index is 0.0967. The van der Waals surface area contributed by atoms with E-state index in [1.807, 2.05) is 54.7 Å². The lowest BCUT2D eigenvalue weighted by Crippen LogP contribution is -2.26. The number of anilines is 2. The molecule has 1 atom stereocenters. The van der Waals surface area contributed by atoms with Crippen molar-refractivity contribution < 1.29 is 14.3 Å². The minimum Gasteiger partial charge on any atom is -0.489 e. The summed E-state index contributed by atoms with van der Waals surface area (Å²) in [6.45, 7) is 1.01. The molecule has 2 aromatic carbocycles. The summed E-state index contributed by atoms with van der Waals surface area (Å²) < 4.78 is 13.7. The van der Waals surface area contributed by atoms with Crippen LogP contribution in [-0.2, 0) is 16.1 Å². The van der Waals surface area contributed by atoms with Gasteiger partial charge in [0.1, 0.15) is 41.3 Å². The van der Waals surface area contributed by atoms with Crippen LogP contribution in [0.3, 0.4) is 0 Å². The first-order valence-corrected chi connectivity index (χ1v) is 12.5. The van der Waals surface area contributed by atoms with Gasteiger partial charge >= 0.3 is 0 Å². The van der Waals surface area contributed by atoms with Gasteiger partial charge in [-0.2, -0.15) is 0 Å². The zero-order valence-corrected chi connectivity index (χ0v) is 20.0. The lowest BCUT2D eigenvalue weighted by atomic mass is 9.85. The number of amides is 1. The highest BCUT2D eigenvalue weighted by molar-refractivity contribution is 5.94. The van der Waals surface area contributed by atoms with E-state index in [1.54, 1.807) is 6.20 Å². The van der Waals surface area contributed by atoms with Crippen molar-refractivity contribution in [1.82, 2.24) is 14.4 Å². The maximum Gasteiger partial charge on any atom is 0.253 e. The predicted octanol–water partition coefficient (Wildman–Crippen LogP) is 4.94. The van der Waals surface area contributed by atoms with E-state index < -0.39 is 0 Å². The van der Waals surface area contributed by atoms with Gasteiger partial charge in [0.2, 0.25) is 0 Å². The Hall–Kier alpha value is -3.91. The first kappa shape index (κ1) is 22.5. The van der Waals surface area contributed by atoms with Gasteiger partial charge in [0, 0.05) is 36.2 Å². The third-order valence-electron chi connectivity index (χ3n) is 7.01. The van der Waals surface area contributed by atoms with Crippen molar-refractivity contribution in [2.24, 2.45) is 0 Å². The summed E-state index contributed by atoms with van der Waals surface area (Å²) in [5, 5.41) is 2.95. The number of nitrogens with zero attached hydrogens (tertiary/aromatic N) is 3. The number of nitrogens with one attached hydrogen (secondary N) is 1. The van der Waals surface area contributed by atoms with Gasteiger partial charge in [-0.3, -0.25) is 9.20 Å². The van der Waals surface area contributed by atoms with E-state index in [0.717, 1.165) is 65.3 Å². The Bertz CT molecular complexity index is 1410. The highest BCUT2D eigenvalue weighted by Gasteiger charge is 2.27. The summed E-state index contributed by atoms with van der Waals surface area (Å²) >= 11 is 0. The predicted molar refractivity (Wildman–Crippen MR) is 138 cm³/mol. The fourth-order valence-electron chi connectivity index (χ4n) is 4.89. The summed E-state index contributed by atoms with van der Waals surface area (Å²) in [5.41, 5.74) is 10.6. The van der Waals surface area contributed by atoms with Gasteiger partial charge in [-0.1, -0.05) is 30.7 Å². The van der Waals surface area contributed by atoms with Crippen LogP contribution in [0, 0.1) is 0 Å². The van der Waals surface area contributed by atoms with Crippen molar-refractivity contribution in [2.75, 3.05) is 17.7 Å². The molecule has 1 aliphatic heterocycles. The minimum atomic E-state index is -0.360. The number of nitrogen functional groups attached to an aromatic ring is 1. The number of carbonyl (C=O) groups is 1. The van der Waals surface area contributed by atoms with Crippen LogP contribution in [0.15, 0.2) is 60.9 Å². The average molecular weight is 484 g/mol. The Morgan fingerprint density at radius 1 is 1.14 bits per heavy atom. The Morgan fingerprint density at radius 2 is 2.03 bits per heavy atom. The molecule has 2 aliphatic rings. The third-order valence-corrected chi connectivity index (χ3v) is 7.01. The molecule has 0 bridgehead atoms. The highest BCUT2D eigenvalue weighted by Crippen LogP contribution is 2.39. The number of imidazole rings is 1. The Morgan fingerprint density at radius 3 is 2.83 bits per heavy atom. The zero-order valence-electron chi connectivity index (χ0n) is 20.0. The second kappa shape index (κ2) is 9.62. The molecule has 8 heteroatoms. The molecule has 2 aromatic heterocycles. The van der Waals surface area contributed by atoms with Crippen LogP contribution in [0.5, 0.6) is 5.75 Å². The molecule has 1 saturated heterocycles. The monoisotopic (exact) mass is 483 g/mol. The van der Waals surface area contributed by atoms with Crippen LogP contribution >= 0.6 is 0 Å². The van der Waals surface area contributed by atoms with Crippen molar-refractivity contribution in [3.8, 4) is 17.0 Å². The molecule has 0 spiro atoms. The SMILES string of the molecule is Nc1nccn2c(C3CCC3)nc(-c3cccc(OCc4cccc(NC(=O)C5CCCO5)c4)c3)c12. The lowest BCUT2D eigenvalue weighted by Gasteiger charge is -2.23. The number of benzene rings is 2. The molecule has 1 unspecified atom stereocenters. The molecule has 6 rings (SSSR count). The van der Waals surface area contributed by atoms with E-state index in [1.165, 1.54) is 6.42 Å². The molecule has 0 radical (unpaired) electrons. The van der Waals surface area contributed by atoms with Crippen molar-refractivity contribution >= 4 is 22.9 Å². The summed E-state index contributed by atoms with van der Waals surface area (Å²) in [7, 11) is 0. The third kappa shape index (κ3) is 4.40. The molecule has 8 nitrogen and oxygen atoms in total. The molecule has 3 heterocycles. The maximum atomic E-state index is 12.4. The number of hydrogen-bond donors (Lipinski definition) is 2. The largest absolute Gasteiger partial charge is 0.489 e. The molecule has 3 N–H and O–H groups in total. The van der Waals surface area contributed by atoms with Crippen LogP contribution in [-0.4, -0.2) is 33.0 Å². The van der Waals surface area contributed by atoms with Gasteiger partial charge in [-0.15, -0.1) is 0 Å². The maximum absolute atomic E-state index is 12.4. The lowest BCUT2D eigenvalue weighted by molar-refractivity contribution is -0.124. The Labute approximate surface area is 209 Å².